The summed E-state index contributed by atoms with van der Waals surface area (Å²) in [5.74, 6) is 1.36. The van der Waals surface area contributed by atoms with Crippen molar-refractivity contribution in [3.8, 4) is 11.6 Å². The van der Waals surface area contributed by atoms with Crippen molar-refractivity contribution in [2.24, 2.45) is 0 Å². The van der Waals surface area contributed by atoms with E-state index >= 15 is 0 Å². The Balaban J connectivity index is 2.28. The summed E-state index contributed by atoms with van der Waals surface area (Å²) >= 11 is 6.80. The van der Waals surface area contributed by atoms with Gasteiger partial charge in [-0.15, -0.1) is 0 Å². The van der Waals surface area contributed by atoms with Gasteiger partial charge in [0.05, 0.1) is 4.47 Å². The van der Waals surface area contributed by atoms with Gasteiger partial charge in [0, 0.05) is 22.8 Å². The van der Waals surface area contributed by atoms with E-state index in [1.54, 1.807) is 6.20 Å². The molecule has 5 heteroatoms. The van der Waals surface area contributed by atoms with E-state index in [2.05, 4.69) is 42.2 Å². The lowest BCUT2D eigenvalue weighted by molar-refractivity contribution is 0.452. The SMILES string of the molecule is CNCc1ccccc1Oc1ncc(Br)cc1Br. The molecule has 3 nitrogen and oxygen atoms in total. The molecule has 0 radical (unpaired) electrons. The molecule has 0 spiro atoms. The summed E-state index contributed by atoms with van der Waals surface area (Å²) in [5, 5.41) is 3.11. The highest BCUT2D eigenvalue weighted by Gasteiger charge is 2.08. The number of halogens is 2. The average Bonchev–Trinajstić information content (AvgIpc) is 2.35. The van der Waals surface area contributed by atoms with Crippen LogP contribution in [0.3, 0.4) is 0 Å². The first-order valence-corrected chi connectivity index (χ1v) is 7.00. The molecule has 0 aliphatic heterocycles. The Kier molecular flexibility index (Phi) is 4.74. The van der Waals surface area contributed by atoms with E-state index in [4.69, 9.17) is 4.74 Å². The summed E-state index contributed by atoms with van der Waals surface area (Å²) in [4.78, 5) is 4.24. The zero-order valence-corrected chi connectivity index (χ0v) is 13.0. The highest BCUT2D eigenvalue weighted by Crippen LogP contribution is 2.31. The molecule has 0 bridgehead atoms. The molecule has 0 amide bonds. The van der Waals surface area contributed by atoms with E-state index in [9.17, 15) is 0 Å². The molecular weight excluding hydrogens is 360 g/mol. The number of nitrogens with one attached hydrogen (secondary N) is 1. The first-order chi connectivity index (χ1) is 8.70. The summed E-state index contributed by atoms with van der Waals surface area (Å²) in [5.41, 5.74) is 1.09. The van der Waals surface area contributed by atoms with Crippen molar-refractivity contribution in [2.75, 3.05) is 7.05 Å². The van der Waals surface area contributed by atoms with E-state index in [1.165, 1.54) is 0 Å². The lowest BCUT2D eigenvalue weighted by Crippen LogP contribution is -2.06. The second-order valence-corrected chi connectivity index (χ2v) is 5.45. The number of para-hydroxylation sites is 1. The smallest absolute Gasteiger partial charge is 0.233 e. The molecule has 94 valence electrons. The Morgan fingerprint density at radius 2 is 2.06 bits per heavy atom. The monoisotopic (exact) mass is 370 g/mol. The van der Waals surface area contributed by atoms with Crippen LogP contribution >= 0.6 is 31.9 Å². The van der Waals surface area contributed by atoms with Crippen LogP contribution < -0.4 is 10.1 Å². The highest BCUT2D eigenvalue weighted by atomic mass is 79.9. The third-order valence-electron chi connectivity index (χ3n) is 2.32. The number of hydrogen-bond acceptors (Lipinski definition) is 3. The summed E-state index contributed by atoms with van der Waals surface area (Å²) in [6.07, 6.45) is 1.71. The number of benzene rings is 1. The summed E-state index contributed by atoms with van der Waals surface area (Å²) in [6, 6.07) is 9.80. The number of pyridine rings is 1. The van der Waals surface area contributed by atoms with Gasteiger partial charge in [-0.1, -0.05) is 18.2 Å². The van der Waals surface area contributed by atoms with Crippen LogP contribution in [0.5, 0.6) is 11.6 Å². The standard InChI is InChI=1S/C13H12Br2N2O/c1-16-7-9-4-2-3-5-12(9)18-13-11(15)6-10(14)8-17-13/h2-6,8,16H,7H2,1H3. The fourth-order valence-corrected chi connectivity index (χ4v) is 2.59. The zero-order valence-electron chi connectivity index (χ0n) is 9.78. The molecular formula is C13H12Br2N2O. The van der Waals surface area contributed by atoms with Crippen LogP contribution in [0.2, 0.25) is 0 Å². The first-order valence-electron chi connectivity index (χ1n) is 5.42. The van der Waals surface area contributed by atoms with Gasteiger partial charge in [-0.05, 0) is 51.0 Å². The summed E-state index contributed by atoms with van der Waals surface area (Å²) < 4.78 is 7.55. The van der Waals surface area contributed by atoms with Gasteiger partial charge in [-0.2, -0.15) is 0 Å². The lowest BCUT2D eigenvalue weighted by Gasteiger charge is -2.11. The molecule has 18 heavy (non-hydrogen) atoms. The largest absolute Gasteiger partial charge is 0.438 e. The topological polar surface area (TPSA) is 34.1 Å². The Morgan fingerprint density at radius 3 is 2.78 bits per heavy atom. The minimum Gasteiger partial charge on any atom is -0.438 e. The van der Waals surface area contributed by atoms with Crippen LogP contribution in [0.4, 0.5) is 0 Å². The molecule has 1 aromatic heterocycles. The molecule has 0 saturated heterocycles. The summed E-state index contributed by atoms with van der Waals surface area (Å²) in [7, 11) is 1.91. The van der Waals surface area contributed by atoms with Gasteiger partial charge in [-0.25, -0.2) is 4.98 Å². The molecule has 0 aliphatic carbocycles. The predicted molar refractivity (Wildman–Crippen MR) is 78.9 cm³/mol. The molecule has 1 aromatic carbocycles. The minimum absolute atomic E-state index is 0.557. The van der Waals surface area contributed by atoms with E-state index in [-0.39, 0.29) is 0 Å². The van der Waals surface area contributed by atoms with E-state index < -0.39 is 0 Å². The highest BCUT2D eigenvalue weighted by molar-refractivity contribution is 9.11. The van der Waals surface area contributed by atoms with E-state index in [1.807, 2.05) is 37.4 Å². The molecule has 1 heterocycles. The molecule has 0 unspecified atom stereocenters. The van der Waals surface area contributed by atoms with Gasteiger partial charge < -0.3 is 10.1 Å². The van der Waals surface area contributed by atoms with E-state index in [0.29, 0.717) is 5.88 Å². The van der Waals surface area contributed by atoms with Crippen LogP contribution in [-0.2, 0) is 6.54 Å². The normalized spacial score (nSPS) is 10.4. The van der Waals surface area contributed by atoms with Gasteiger partial charge in [0.15, 0.2) is 0 Å². The number of ether oxygens (including phenoxy) is 1. The lowest BCUT2D eigenvalue weighted by atomic mass is 10.2. The van der Waals surface area contributed by atoms with Gasteiger partial charge in [0.25, 0.3) is 0 Å². The fourth-order valence-electron chi connectivity index (χ4n) is 1.52. The minimum atomic E-state index is 0.557. The maximum Gasteiger partial charge on any atom is 0.233 e. The number of aromatic nitrogens is 1. The second-order valence-electron chi connectivity index (χ2n) is 3.68. The fraction of sp³-hybridized carbons (Fsp3) is 0.154. The third kappa shape index (κ3) is 3.31. The number of nitrogens with zero attached hydrogens (tertiary/aromatic N) is 1. The molecule has 0 aliphatic rings. The van der Waals surface area contributed by atoms with Crippen molar-refractivity contribution in [2.45, 2.75) is 6.54 Å². The van der Waals surface area contributed by atoms with Crippen LogP contribution in [-0.4, -0.2) is 12.0 Å². The zero-order chi connectivity index (χ0) is 13.0. The van der Waals surface area contributed by atoms with Gasteiger partial charge in [0.2, 0.25) is 5.88 Å². The van der Waals surface area contributed by atoms with Gasteiger partial charge in [-0.3, -0.25) is 0 Å². The quantitative estimate of drug-likeness (QED) is 0.877. The van der Waals surface area contributed by atoms with Gasteiger partial charge >= 0.3 is 0 Å². The third-order valence-corrected chi connectivity index (χ3v) is 3.32. The Labute approximate surface area is 123 Å². The van der Waals surface area contributed by atoms with Crippen molar-refractivity contribution >= 4 is 31.9 Å². The van der Waals surface area contributed by atoms with Gasteiger partial charge in [0.1, 0.15) is 5.75 Å². The van der Waals surface area contributed by atoms with E-state index in [0.717, 1.165) is 26.8 Å². The number of rotatable bonds is 4. The van der Waals surface area contributed by atoms with Crippen molar-refractivity contribution in [3.05, 3.63) is 51.0 Å². The van der Waals surface area contributed by atoms with Crippen molar-refractivity contribution in [1.29, 1.82) is 0 Å². The van der Waals surface area contributed by atoms with Crippen molar-refractivity contribution < 1.29 is 4.74 Å². The molecule has 2 rings (SSSR count). The van der Waals surface area contributed by atoms with Crippen LogP contribution in [0.15, 0.2) is 45.5 Å². The van der Waals surface area contributed by atoms with Crippen molar-refractivity contribution in [3.63, 3.8) is 0 Å². The average molecular weight is 372 g/mol. The second kappa shape index (κ2) is 6.31. The van der Waals surface area contributed by atoms with Crippen molar-refractivity contribution in [1.82, 2.24) is 10.3 Å². The molecule has 0 fully saturated rings. The Bertz CT molecular complexity index is 546. The Hall–Kier alpha value is -0.910. The predicted octanol–water partition coefficient (Wildman–Crippen LogP) is 4.12. The maximum atomic E-state index is 5.83. The first kappa shape index (κ1) is 13.5. The molecule has 1 N–H and O–H groups in total. The molecule has 0 saturated carbocycles. The maximum absolute atomic E-state index is 5.83. The molecule has 2 aromatic rings. The molecule has 0 atom stereocenters. The van der Waals surface area contributed by atoms with Crippen LogP contribution in [0.1, 0.15) is 5.56 Å². The van der Waals surface area contributed by atoms with Crippen LogP contribution in [0, 0.1) is 0 Å². The van der Waals surface area contributed by atoms with Crippen LogP contribution in [0.25, 0.3) is 0 Å². The Morgan fingerprint density at radius 1 is 1.28 bits per heavy atom. The number of hydrogen-bond donors (Lipinski definition) is 1. The summed E-state index contributed by atoms with van der Waals surface area (Å²) in [6.45, 7) is 0.754.